The van der Waals surface area contributed by atoms with E-state index in [2.05, 4.69) is 38.9 Å². The van der Waals surface area contributed by atoms with E-state index in [0.717, 1.165) is 17.6 Å². The van der Waals surface area contributed by atoms with Crippen LogP contribution in [0, 0.1) is 6.57 Å². The van der Waals surface area contributed by atoms with Gasteiger partial charge in [-0.05, 0) is 54.5 Å². The summed E-state index contributed by atoms with van der Waals surface area (Å²) in [5.41, 5.74) is 4.60. The smallest absolute Gasteiger partial charge is 0.187 e. The Bertz CT molecular complexity index is 803. The molecule has 98 valence electrons. The highest BCUT2D eigenvalue weighted by Gasteiger charge is 2.24. The van der Waals surface area contributed by atoms with Crippen molar-refractivity contribution in [3.63, 3.8) is 0 Å². The Morgan fingerprint density at radius 2 is 2.10 bits per heavy atom. The van der Waals surface area contributed by atoms with E-state index in [1.165, 1.54) is 29.5 Å². The van der Waals surface area contributed by atoms with Crippen LogP contribution in [0.5, 0.6) is 0 Å². The maximum atomic E-state index is 7.18. The fourth-order valence-electron chi connectivity index (χ4n) is 3.35. The summed E-state index contributed by atoms with van der Waals surface area (Å²) in [7, 11) is 0. The van der Waals surface area contributed by atoms with Crippen molar-refractivity contribution < 1.29 is 0 Å². The normalized spacial score (nSPS) is 17.9. The third-order valence-corrected chi connectivity index (χ3v) is 4.28. The minimum atomic E-state index is 0.401. The van der Waals surface area contributed by atoms with E-state index in [4.69, 9.17) is 6.57 Å². The molecule has 1 atom stereocenters. The van der Waals surface area contributed by atoms with Crippen LogP contribution >= 0.6 is 0 Å². The number of aromatic amines is 1. The zero-order valence-corrected chi connectivity index (χ0v) is 11.1. The number of fused-ring (bicyclic) bond motifs is 3. The van der Waals surface area contributed by atoms with Crippen molar-refractivity contribution in [2.24, 2.45) is 0 Å². The summed E-state index contributed by atoms with van der Waals surface area (Å²) < 4.78 is 2.28. The number of H-pyrrole nitrogens is 1. The summed E-state index contributed by atoms with van der Waals surface area (Å²) in [6.45, 7) is 7.18. The van der Waals surface area contributed by atoms with Gasteiger partial charge < -0.3 is 9.55 Å². The van der Waals surface area contributed by atoms with E-state index >= 15 is 0 Å². The van der Waals surface area contributed by atoms with Crippen molar-refractivity contribution in [3.8, 4) is 0 Å². The Morgan fingerprint density at radius 1 is 1.25 bits per heavy atom. The van der Waals surface area contributed by atoms with Crippen LogP contribution < -0.4 is 0 Å². The molecular formula is C17H15N3. The first-order valence-corrected chi connectivity index (χ1v) is 7.01. The molecule has 1 aliphatic rings. The maximum absolute atomic E-state index is 7.18. The van der Waals surface area contributed by atoms with Crippen molar-refractivity contribution in [2.75, 3.05) is 0 Å². The first kappa shape index (κ1) is 11.4. The van der Waals surface area contributed by atoms with Gasteiger partial charge >= 0.3 is 0 Å². The average Bonchev–Trinajstić information content (AvgIpc) is 3.13. The van der Waals surface area contributed by atoms with E-state index < -0.39 is 0 Å². The molecule has 1 aromatic carbocycles. The minimum absolute atomic E-state index is 0.401. The van der Waals surface area contributed by atoms with Crippen molar-refractivity contribution in [3.05, 3.63) is 65.4 Å². The van der Waals surface area contributed by atoms with Gasteiger partial charge in [0.2, 0.25) is 0 Å². The molecule has 4 rings (SSSR count). The zero-order chi connectivity index (χ0) is 13.5. The predicted octanol–water partition coefficient (Wildman–Crippen LogP) is 4.45. The van der Waals surface area contributed by atoms with Crippen molar-refractivity contribution in [2.45, 2.75) is 25.3 Å². The monoisotopic (exact) mass is 261 g/mol. The summed E-state index contributed by atoms with van der Waals surface area (Å²) in [5.74, 6) is 0. The van der Waals surface area contributed by atoms with Gasteiger partial charge in [-0.1, -0.05) is 6.07 Å². The van der Waals surface area contributed by atoms with Crippen LogP contribution in [-0.2, 0) is 6.42 Å². The first-order valence-electron chi connectivity index (χ1n) is 7.01. The van der Waals surface area contributed by atoms with Gasteiger partial charge in [-0.25, -0.2) is 4.85 Å². The topological polar surface area (TPSA) is 25.1 Å². The molecule has 0 amide bonds. The van der Waals surface area contributed by atoms with E-state index in [1.807, 2.05) is 18.2 Å². The van der Waals surface area contributed by atoms with Crippen LogP contribution in [0.15, 0.2) is 42.7 Å². The van der Waals surface area contributed by atoms with Gasteiger partial charge in [0.05, 0.1) is 12.6 Å². The highest BCUT2D eigenvalue weighted by molar-refractivity contribution is 5.88. The molecule has 0 saturated carbocycles. The Morgan fingerprint density at radius 3 is 2.90 bits per heavy atom. The van der Waals surface area contributed by atoms with Crippen LogP contribution in [0.1, 0.15) is 30.1 Å². The number of nitrogens with one attached hydrogen (secondary N) is 1. The zero-order valence-electron chi connectivity index (χ0n) is 11.1. The molecule has 1 N–H and O–H groups in total. The molecule has 3 nitrogen and oxygen atoms in total. The van der Waals surface area contributed by atoms with Gasteiger partial charge in [-0.2, -0.15) is 0 Å². The van der Waals surface area contributed by atoms with Gasteiger partial charge in [-0.15, -0.1) is 0 Å². The van der Waals surface area contributed by atoms with Crippen LogP contribution in [0.4, 0.5) is 5.69 Å². The molecule has 1 aliphatic carbocycles. The van der Waals surface area contributed by atoms with Gasteiger partial charge in [0, 0.05) is 23.6 Å². The largest absolute Gasteiger partial charge is 0.357 e. The third kappa shape index (κ3) is 1.58. The van der Waals surface area contributed by atoms with Crippen LogP contribution in [-0.4, -0.2) is 9.55 Å². The molecule has 0 fully saturated rings. The lowest BCUT2D eigenvalue weighted by Crippen LogP contribution is -2.15. The van der Waals surface area contributed by atoms with E-state index in [-0.39, 0.29) is 0 Å². The molecular weight excluding hydrogens is 246 g/mol. The fourth-order valence-corrected chi connectivity index (χ4v) is 3.35. The lowest BCUT2D eigenvalue weighted by atomic mass is 9.91. The second-order valence-corrected chi connectivity index (χ2v) is 5.40. The summed E-state index contributed by atoms with van der Waals surface area (Å²) in [6, 6.07) is 10.5. The predicted molar refractivity (Wildman–Crippen MR) is 80.1 cm³/mol. The lowest BCUT2D eigenvalue weighted by molar-refractivity contribution is 0.484. The molecule has 20 heavy (non-hydrogen) atoms. The highest BCUT2D eigenvalue weighted by Crippen LogP contribution is 2.38. The van der Waals surface area contributed by atoms with Crippen molar-refractivity contribution in [1.29, 1.82) is 0 Å². The molecule has 0 saturated heterocycles. The van der Waals surface area contributed by atoms with Crippen molar-refractivity contribution in [1.82, 2.24) is 9.55 Å². The number of aromatic nitrogens is 2. The minimum Gasteiger partial charge on any atom is -0.357 e. The van der Waals surface area contributed by atoms with Gasteiger partial charge in [0.1, 0.15) is 0 Å². The molecule has 2 heterocycles. The number of nitrogens with zero attached hydrogens (tertiary/aromatic N) is 2. The number of hydrogen-bond acceptors (Lipinski definition) is 0. The quantitative estimate of drug-likeness (QED) is 0.626. The summed E-state index contributed by atoms with van der Waals surface area (Å²) >= 11 is 0. The van der Waals surface area contributed by atoms with Gasteiger partial charge in [0.25, 0.3) is 0 Å². The Hall–Kier alpha value is -2.47. The van der Waals surface area contributed by atoms with E-state index in [0.29, 0.717) is 6.04 Å². The molecule has 2 aromatic heterocycles. The summed E-state index contributed by atoms with van der Waals surface area (Å²) in [6.07, 6.45) is 7.75. The van der Waals surface area contributed by atoms with Crippen LogP contribution in [0.3, 0.4) is 0 Å². The summed E-state index contributed by atoms with van der Waals surface area (Å²) in [5, 5.41) is 1.23. The Balaban J connectivity index is 1.93. The molecule has 0 aliphatic heterocycles. The Kier molecular flexibility index (Phi) is 2.43. The lowest BCUT2D eigenvalue weighted by Gasteiger charge is -2.24. The molecule has 1 unspecified atom stereocenters. The molecule has 0 spiro atoms. The Labute approximate surface area is 117 Å². The number of benzene rings is 1. The number of rotatable bonds is 1. The molecule has 0 radical (unpaired) electrons. The standard InChI is InChI=1S/C17H15N3/c1-18-12-7-8-15-14(11-12)13-5-4-6-16(17(13)19-15)20-9-2-3-10-20/h2-3,7-11,16,19H,4-6H2. The third-order valence-electron chi connectivity index (χ3n) is 4.28. The summed E-state index contributed by atoms with van der Waals surface area (Å²) in [4.78, 5) is 7.13. The second kappa shape index (κ2) is 4.28. The number of hydrogen-bond donors (Lipinski definition) is 1. The van der Waals surface area contributed by atoms with Gasteiger partial charge in [0.15, 0.2) is 5.69 Å². The first-order chi connectivity index (χ1) is 9.86. The maximum Gasteiger partial charge on any atom is 0.187 e. The highest BCUT2D eigenvalue weighted by atomic mass is 15.0. The molecule has 3 aromatic rings. The van der Waals surface area contributed by atoms with Crippen LogP contribution in [0.2, 0.25) is 0 Å². The molecule has 3 heteroatoms. The average molecular weight is 261 g/mol. The molecule has 0 bridgehead atoms. The van der Waals surface area contributed by atoms with E-state index in [1.54, 1.807) is 0 Å². The second-order valence-electron chi connectivity index (χ2n) is 5.40. The number of aryl methyl sites for hydroxylation is 1. The van der Waals surface area contributed by atoms with Crippen molar-refractivity contribution >= 4 is 16.6 Å². The van der Waals surface area contributed by atoms with E-state index in [9.17, 15) is 0 Å². The SMILES string of the molecule is [C-]#[N+]c1ccc2[nH]c3c(c2c1)CCCC3n1cccc1. The van der Waals surface area contributed by atoms with Gasteiger partial charge in [-0.3, -0.25) is 0 Å². The van der Waals surface area contributed by atoms with Crippen LogP contribution in [0.25, 0.3) is 15.7 Å². The fraction of sp³-hybridized carbons (Fsp3) is 0.235.